The molecule has 4 heteroatoms. The Labute approximate surface area is 53.5 Å². The van der Waals surface area contributed by atoms with Crippen LogP contribution in [0.1, 0.15) is 0 Å². The van der Waals surface area contributed by atoms with Crippen molar-refractivity contribution in [3.63, 3.8) is 0 Å². The Bertz CT molecular complexity index is 46.8. The van der Waals surface area contributed by atoms with Crippen LogP contribution in [-0.4, -0.2) is 11.7 Å². The van der Waals surface area contributed by atoms with Crippen LogP contribution in [0.5, 0.6) is 0 Å². The van der Waals surface area contributed by atoms with Crippen LogP contribution in [0.4, 0.5) is 0 Å². The zero-order valence-electron chi connectivity index (χ0n) is 3.47. The summed E-state index contributed by atoms with van der Waals surface area (Å²) in [5, 5.41) is 9.18. The van der Waals surface area contributed by atoms with Gasteiger partial charge in [0.1, 0.15) is 0 Å². The first-order chi connectivity index (χ1) is 2.27. The maximum atomic E-state index is 9.18. The first-order valence-corrected chi connectivity index (χ1v) is 1.71. The molecular weight excluding hydrogens is 95.0 g/mol. The van der Waals surface area contributed by atoms with Crippen LogP contribution in [0.25, 0.3) is 0 Å². The van der Waals surface area contributed by atoms with Crippen molar-refractivity contribution >= 4 is 18.6 Å². The summed E-state index contributed by atoms with van der Waals surface area (Å²) in [5.74, 6) is -1.33. The Morgan fingerprint density at radius 2 is 2.00 bits per heavy atom. The molecule has 0 saturated carbocycles. The van der Waals surface area contributed by atoms with Crippen LogP contribution in [0, 0.1) is 0 Å². The maximum Gasteiger partial charge on any atom is 1.00 e. The van der Waals surface area contributed by atoms with Crippen molar-refractivity contribution < 1.29 is 28.8 Å². The third-order valence-corrected chi connectivity index (χ3v) is 0.387. The fourth-order valence-electron chi connectivity index (χ4n) is 0. The molecule has 0 unspecified atom stereocenters. The van der Waals surface area contributed by atoms with E-state index < -0.39 is 5.97 Å². The zero-order valence-corrected chi connectivity index (χ0v) is 4.37. The van der Waals surface area contributed by atoms with Crippen LogP contribution in [0.3, 0.4) is 0 Å². The number of hydrogen-bond donors (Lipinski definition) is 1. The van der Waals surface area contributed by atoms with E-state index in [1.54, 1.807) is 0 Å². The number of carbonyl (C=O) groups excluding carboxylic acids is 1. The summed E-state index contributed by atoms with van der Waals surface area (Å²) < 4.78 is 0. The minimum Gasteiger partial charge on any atom is -0.549 e. The van der Waals surface area contributed by atoms with Crippen molar-refractivity contribution in [3.8, 4) is 0 Å². The summed E-state index contributed by atoms with van der Waals surface area (Å²) >= 11 is 3.35. The largest absolute Gasteiger partial charge is 1.00 e. The van der Waals surface area contributed by atoms with Gasteiger partial charge in [-0.15, -0.1) is 0 Å². The summed E-state index contributed by atoms with van der Waals surface area (Å²) in [4.78, 5) is 9.18. The maximum absolute atomic E-state index is 9.18. The molecule has 0 amide bonds. The number of hydrogen-bond acceptors (Lipinski definition) is 3. The second-order valence-corrected chi connectivity index (χ2v) is 0.846. The Kier molecular flexibility index (Phi) is 8.71. The summed E-state index contributed by atoms with van der Waals surface area (Å²) in [6, 6.07) is 0. The molecule has 0 bridgehead atoms. The summed E-state index contributed by atoms with van der Waals surface area (Å²) in [6.45, 7) is 0. The van der Waals surface area contributed by atoms with Gasteiger partial charge in [-0.2, -0.15) is 12.6 Å². The van der Waals surface area contributed by atoms with Gasteiger partial charge in [0, 0.05) is 5.75 Å². The predicted octanol–water partition coefficient (Wildman–Crippen LogP) is -4.33. The van der Waals surface area contributed by atoms with E-state index in [-0.39, 0.29) is 24.6 Å². The van der Waals surface area contributed by atoms with E-state index in [2.05, 4.69) is 12.6 Å². The van der Waals surface area contributed by atoms with E-state index in [4.69, 9.17) is 0 Å². The van der Waals surface area contributed by atoms with E-state index in [1.165, 1.54) is 0 Å². The first kappa shape index (κ1) is 9.65. The number of carboxylic acid groups (broad SMARTS) is 1. The van der Waals surface area contributed by atoms with E-state index >= 15 is 0 Å². The van der Waals surface area contributed by atoms with Gasteiger partial charge in [0.15, 0.2) is 0 Å². The zero-order chi connectivity index (χ0) is 4.28. The first-order valence-electron chi connectivity index (χ1n) is 1.08. The second kappa shape index (κ2) is 5.42. The molecule has 0 aromatic heterocycles. The number of carboxylic acids is 1. The normalized spacial score (nSPS) is 6.17. The van der Waals surface area contributed by atoms with Crippen LogP contribution >= 0.6 is 12.6 Å². The molecule has 0 N–H and O–H groups in total. The monoisotopic (exact) mass is 98.0 g/mol. The van der Waals surface area contributed by atoms with Crippen molar-refractivity contribution in [1.29, 1.82) is 0 Å². The summed E-state index contributed by atoms with van der Waals surface area (Å²) in [6.07, 6.45) is 0. The molecule has 0 saturated heterocycles. The minimum absolute atomic E-state index is 0. The Hall–Kier alpha value is 0.417. The van der Waals surface area contributed by atoms with Gasteiger partial charge in [-0.1, -0.05) is 0 Å². The third-order valence-electron chi connectivity index (χ3n) is 0.129. The van der Waals surface area contributed by atoms with E-state index in [0.29, 0.717) is 0 Å². The van der Waals surface area contributed by atoms with Crippen molar-refractivity contribution in [2.24, 2.45) is 0 Å². The predicted molar refractivity (Wildman–Crippen MR) is 18.9 cm³/mol. The Morgan fingerprint density at radius 3 is 2.00 bits per heavy atom. The molecule has 0 aliphatic rings. The van der Waals surface area contributed by atoms with Gasteiger partial charge < -0.3 is 9.90 Å². The molecule has 0 aromatic rings. The number of carbonyl (C=O) groups is 1. The molecule has 0 heterocycles. The van der Waals surface area contributed by atoms with E-state index in [0.717, 1.165) is 0 Å². The molecule has 0 atom stereocenters. The number of aliphatic carboxylic acids is 1. The number of thiol groups is 1. The molecule has 2 nitrogen and oxygen atoms in total. The van der Waals surface area contributed by atoms with Gasteiger partial charge in [-0.3, -0.25) is 0 Å². The standard InChI is InChI=1S/C2H4O2S.Li/c3-2(4)1-5;/h5H,1H2,(H,3,4);/q;+1/p-1. The smallest absolute Gasteiger partial charge is 0.549 e. The average Bonchev–Trinajstić information content (AvgIpc) is 1.38. The Morgan fingerprint density at radius 1 is 1.83 bits per heavy atom. The third kappa shape index (κ3) is 8.83. The molecule has 0 aliphatic heterocycles. The summed E-state index contributed by atoms with van der Waals surface area (Å²) in [7, 11) is 0. The van der Waals surface area contributed by atoms with Crippen molar-refractivity contribution in [3.05, 3.63) is 0 Å². The molecular formula is C2H3LiO2S. The minimum atomic E-state index is -1.13. The SMILES string of the molecule is O=C([O-])CS.[Li+]. The topological polar surface area (TPSA) is 40.1 Å². The molecule has 0 rings (SSSR count). The summed E-state index contributed by atoms with van der Waals surface area (Å²) in [5.41, 5.74) is 0. The molecule has 0 fully saturated rings. The van der Waals surface area contributed by atoms with E-state index in [1.807, 2.05) is 0 Å². The molecule has 6 heavy (non-hydrogen) atoms. The molecule has 0 spiro atoms. The van der Waals surface area contributed by atoms with Gasteiger partial charge >= 0.3 is 18.9 Å². The molecule has 0 aromatic carbocycles. The molecule has 0 aliphatic carbocycles. The van der Waals surface area contributed by atoms with Crippen LogP contribution < -0.4 is 24.0 Å². The van der Waals surface area contributed by atoms with Gasteiger partial charge in [-0.05, 0) is 0 Å². The fourth-order valence-corrected chi connectivity index (χ4v) is 0. The van der Waals surface area contributed by atoms with Crippen molar-refractivity contribution in [2.45, 2.75) is 0 Å². The average molecular weight is 98.1 g/mol. The quantitative estimate of drug-likeness (QED) is 0.266. The van der Waals surface area contributed by atoms with Gasteiger partial charge in [0.2, 0.25) is 0 Å². The Balaban J connectivity index is 0. The van der Waals surface area contributed by atoms with Crippen molar-refractivity contribution in [1.82, 2.24) is 0 Å². The number of rotatable bonds is 1. The van der Waals surface area contributed by atoms with Crippen LogP contribution in [-0.2, 0) is 4.79 Å². The van der Waals surface area contributed by atoms with Gasteiger partial charge in [0.05, 0.1) is 5.97 Å². The molecule has 30 valence electrons. The van der Waals surface area contributed by atoms with Crippen molar-refractivity contribution in [2.75, 3.05) is 5.75 Å². The fraction of sp³-hybridized carbons (Fsp3) is 0.500. The molecule has 0 radical (unpaired) electrons. The van der Waals surface area contributed by atoms with Crippen LogP contribution in [0.2, 0.25) is 0 Å². The van der Waals surface area contributed by atoms with E-state index in [9.17, 15) is 9.90 Å². The second-order valence-electron chi connectivity index (χ2n) is 0.530. The van der Waals surface area contributed by atoms with Crippen LogP contribution in [0.15, 0.2) is 0 Å². The van der Waals surface area contributed by atoms with Gasteiger partial charge in [-0.25, -0.2) is 0 Å². The van der Waals surface area contributed by atoms with Gasteiger partial charge in [0.25, 0.3) is 0 Å².